The number of carboxylic acids is 1. The van der Waals surface area contributed by atoms with Gasteiger partial charge in [0.1, 0.15) is 5.75 Å². The molecule has 0 saturated heterocycles. The molecular weight excluding hydrogens is 490 g/mol. The number of nitrogens with one attached hydrogen (secondary N) is 2. The van der Waals surface area contributed by atoms with E-state index in [4.69, 9.17) is 16.2 Å². The van der Waals surface area contributed by atoms with E-state index in [9.17, 15) is 24.3 Å². The number of rotatable bonds is 13. The van der Waals surface area contributed by atoms with E-state index in [2.05, 4.69) is 36.4 Å². The fraction of sp³-hybridized carbons (Fsp3) is 0.370. The number of ether oxygens (including phenoxy) is 1. The minimum atomic E-state index is -1.22. The summed E-state index contributed by atoms with van der Waals surface area (Å²) < 4.78 is 5.71. The van der Waals surface area contributed by atoms with Crippen LogP contribution in [-0.4, -0.2) is 47.8 Å². The lowest BCUT2D eigenvalue weighted by atomic mass is 9.93. The number of guanidine groups is 1. The molecule has 7 N–H and O–H groups in total. The fourth-order valence-electron chi connectivity index (χ4n) is 3.32. The van der Waals surface area contributed by atoms with Crippen molar-refractivity contribution >= 4 is 40.9 Å². The number of aliphatic carboxylic acids is 1. The molecule has 0 fully saturated rings. The Morgan fingerprint density at radius 2 is 1.71 bits per heavy atom. The molecule has 0 aliphatic heterocycles. The van der Waals surface area contributed by atoms with Crippen molar-refractivity contribution in [3.63, 3.8) is 0 Å². The van der Waals surface area contributed by atoms with Crippen LogP contribution in [0.2, 0.25) is 0 Å². The number of nitrogens with two attached hydrogens (primary N) is 2. The van der Waals surface area contributed by atoms with Crippen LogP contribution in [0, 0.1) is 11.3 Å². The number of ketones is 1. The van der Waals surface area contributed by atoms with Crippen LogP contribution in [0.5, 0.6) is 5.75 Å². The van der Waals surface area contributed by atoms with E-state index >= 15 is 0 Å². The van der Waals surface area contributed by atoms with E-state index < -0.39 is 35.9 Å². The summed E-state index contributed by atoms with van der Waals surface area (Å²) in [6.07, 6.45) is -0.0261. The van der Waals surface area contributed by atoms with Gasteiger partial charge in [-0.3, -0.25) is 19.2 Å². The first kappa shape index (κ1) is 29.8. The molecular formula is C27H35N5O6. The summed E-state index contributed by atoms with van der Waals surface area (Å²) in [7, 11) is 0. The van der Waals surface area contributed by atoms with E-state index in [1.165, 1.54) is 12.1 Å². The third-order valence-electron chi connectivity index (χ3n) is 5.32. The maximum Gasteiger partial charge on any atom is 0.304 e. The standard InChI is InChI=1S/C27H35N5O6/c1-27(2,3)11-12-38-22-9-7-19(8-10-22)31-25(37)18(15-23(34)35)14-21(33)16-30-24(36)17-5-4-6-20(13-17)32-26(28)29/h4-10,13,18H,11-12,14-16H2,1-3H3,(H,30,36)(H,31,37)(H,34,35)(H4,28,29,32)/t18-/m0/s1. The van der Waals surface area contributed by atoms with Crippen LogP contribution in [0.15, 0.2) is 53.5 Å². The third kappa shape index (κ3) is 11.1. The number of carbonyl (C=O) groups excluding carboxylic acids is 3. The van der Waals surface area contributed by atoms with Crippen molar-refractivity contribution in [1.29, 1.82) is 0 Å². The van der Waals surface area contributed by atoms with Gasteiger partial charge in [0.15, 0.2) is 11.7 Å². The molecule has 2 amide bonds. The van der Waals surface area contributed by atoms with Gasteiger partial charge in [0.05, 0.1) is 31.2 Å². The molecule has 11 nitrogen and oxygen atoms in total. The Morgan fingerprint density at radius 3 is 2.32 bits per heavy atom. The zero-order chi connectivity index (χ0) is 28.3. The van der Waals surface area contributed by atoms with Crippen molar-refractivity contribution in [2.75, 3.05) is 18.5 Å². The van der Waals surface area contributed by atoms with Gasteiger partial charge in [0.2, 0.25) is 5.91 Å². The van der Waals surface area contributed by atoms with Gasteiger partial charge in [0.25, 0.3) is 5.91 Å². The highest BCUT2D eigenvalue weighted by Crippen LogP contribution is 2.22. The minimum absolute atomic E-state index is 0.146. The molecule has 0 aliphatic rings. The molecule has 1 atom stereocenters. The van der Waals surface area contributed by atoms with E-state index in [0.29, 0.717) is 23.7 Å². The number of hydrogen-bond acceptors (Lipinski definition) is 6. The van der Waals surface area contributed by atoms with Gasteiger partial charge in [0, 0.05) is 17.7 Å². The molecule has 2 aromatic rings. The number of anilines is 1. The lowest BCUT2D eigenvalue weighted by Crippen LogP contribution is -2.33. The van der Waals surface area contributed by atoms with Gasteiger partial charge >= 0.3 is 5.97 Å². The number of aliphatic imine (C=N–C) groups is 1. The second-order valence-corrected chi connectivity index (χ2v) is 9.98. The first-order chi connectivity index (χ1) is 17.8. The number of nitrogens with zero attached hydrogens (tertiary/aromatic N) is 1. The Labute approximate surface area is 221 Å². The predicted molar refractivity (Wildman–Crippen MR) is 144 cm³/mol. The lowest BCUT2D eigenvalue weighted by Gasteiger charge is -2.18. The SMILES string of the molecule is CC(C)(C)CCOc1ccc(NC(=O)[C@H](CC(=O)O)CC(=O)CNC(=O)c2cccc(N=C(N)N)c2)cc1. The van der Waals surface area contributed by atoms with Gasteiger partial charge < -0.3 is 31.9 Å². The van der Waals surface area contributed by atoms with Crippen molar-refractivity contribution in [3.05, 3.63) is 54.1 Å². The molecule has 0 aromatic heterocycles. The Balaban J connectivity index is 1.93. The van der Waals surface area contributed by atoms with Gasteiger partial charge in [-0.05, 0) is 54.3 Å². The molecule has 11 heteroatoms. The molecule has 0 aliphatic carbocycles. The van der Waals surface area contributed by atoms with Crippen LogP contribution in [-0.2, 0) is 14.4 Å². The number of Topliss-reactive ketones (excluding diaryl/α,β-unsaturated/α-hetero) is 1. The Bertz CT molecular complexity index is 1170. The van der Waals surface area contributed by atoms with Crippen molar-refractivity contribution < 1.29 is 29.0 Å². The van der Waals surface area contributed by atoms with E-state index in [1.807, 2.05) is 0 Å². The number of carboxylic acid groups (broad SMARTS) is 1. The lowest BCUT2D eigenvalue weighted by molar-refractivity contribution is -0.140. The molecule has 38 heavy (non-hydrogen) atoms. The fourth-order valence-corrected chi connectivity index (χ4v) is 3.32. The summed E-state index contributed by atoms with van der Waals surface area (Å²) >= 11 is 0. The maximum absolute atomic E-state index is 12.8. The molecule has 2 rings (SSSR count). The highest BCUT2D eigenvalue weighted by atomic mass is 16.5. The number of amides is 2. The maximum atomic E-state index is 12.8. The van der Waals surface area contributed by atoms with Crippen LogP contribution in [0.25, 0.3) is 0 Å². The molecule has 0 unspecified atom stereocenters. The van der Waals surface area contributed by atoms with E-state index in [0.717, 1.165) is 6.42 Å². The summed E-state index contributed by atoms with van der Waals surface area (Å²) in [6.45, 7) is 6.54. The van der Waals surface area contributed by atoms with Crippen molar-refractivity contribution in [2.45, 2.75) is 40.0 Å². The van der Waals surface area contributed by atoms with Crippen LogP contribution in [0.4, 0.5) is 11.4 Å². The monoisotopic (exact) mass is 525 g/mol. The quantitative estimate of drug-likeness (QED) is 0.195. The molecule has 0 radical (unpaired) electrons. The van der Waals surface area contributed by atoms with Crippen molar-refractivity contribution in [2.24, 2.45) is 27.8 Å². The van der Waals surface area contributed by atoms with Gasteiger partial charge in [-0.25, -0.2) is 4.99 Å². The molecule has 204 valence electrons. The number of carbonyl (C=O) groups is 4. The molecule has 0 spiro atoms. The van der Waals surface area contributed by atoms with Gasteiger partial charge in [-0.2, -0.15) is 0 Å². The zero-order valence-electron chi connectivity index (χ0n) is 21.8. The minimum Gasteiger partial charge on any atom is -0.494 e. The summed E-state index contributed by atoms with van der Waals surface area (Å²) in [5.74, 6) is -3.52. The van der Waals surface area contributed by atoms with Crippen LogP contribution < -0.4 is 26.8 Å². The zero-order valence-corrected chi connectivity index (χ0v) is 21.8. The Kier molecular flexibility index (Phi) is 10.8. The second kappa shape index (κ2) is 13.8. The van der Waals surface area contributed by atoms with Crippen LogP contribution in [0.1, 0.15) is 50.4 Å². The average Bonchev–Trinajstić information content (AvgIpc) is 2.82. The average molecular weight is 526 g/mol. The largest absolute Gasteiger partial charge is 0.494 e. The molecule has 0 saturated carbocycles. The van der Waals surface area contributed by atoms with Gasteiger partial charge in [-0.15, -0.1) is 0 Å². The van der Waals surface area contributed by atoms with E-state index in [1.54, 1.807) is 36.4 Å². The Hall–Kier alpha value is -4.41. The Morgan fingerprint density at radius 1 is 1.03 bits per heavy atom. The highest BCUT2D eigenvalue weighted by molar-refractivity contribution is 6.00. The topological polar surface area (TPSA) is 186 Å². The third-order valence-corrected chi connectivity index (χ3v) is 5.32. The number of hydrogen-bond donors (Lipinski definition) is 5. The predicted octanol–water partition coefficient (Wildman–Crippen LogP) is 2.83. The summed E-state index contributed by atoms with van der Waals surface area (Å²) in [5.41, 5.74) is 11.9. The highest BCUT2D eigenvalue weighted by Gasteiger charge is 2.25. The first-order valence-corrected chi connectivity index (χ1v) is 12.1. The van der Waals surface area contributed by atoms with E-state index in [-0.39, 0.29) is 29.9 Å². The second-order valence-electron chi connectivity index (χ2n) is 9.98. The summed E-state index contributed by atoms with van der Waals surface area (Å²) in [6, 6.07) is 12.8. The smallest absolute Gasteiger partial charge is 0.304 e. The summed E-state index contributed by atoms with van der Waals surface area (Å²) in [5, 5.41) is 14.3. The first-order valence-electron chi connectivity index (χ1n) is 12.1. The van der Waals surface area contributed by atoms with Crippen LogP contribution >= 0.6 is 0 Å². The van der Waals surface area contributed by atoms with Crippen molar-refractivity contribution in [3.8, 4) is 5.75 Å². The van der Waals surface area contributed by atoms with Gasteiger partial charge in [-0.1, -0.05) is 26.8 Å². The van der Waals surface area contributed by atoms with Crippen LogP contribution in [0.3, 0.4) is 0 Å². The molecule has 0 heterocycles. The summed E-state index contributed by atoms with van der Waals surface area (Å²) in [4.78, 5) is 52.8. The van der Waals surface area contributed by atoms with Crippen molar-refractivity contribution in [1.82, 2.24) is 5.32 Å². The molecule has 0 bridgehead atoms. The molecule has 2 aromatic carbocycles. The normalized spacial score (nSPS) is 11.7. The number of benzene rings is 2.